The van der Waals surface area contributed by atoms with Crippen molar-refractivity contribution >= 4 is 16.8 Å². The van der Waals surface area contributed by atoms with Crippen molar-refractivity contribution < 1.29 is 26.7 Å². The van der Waals surface area contributed by atoms with Crippen molar-refractivity contribution in [2.45, 2.75) is 19.5 Å². The zero-order chi connectivity index (χ0) is 20.6. The van der Waals surface area contributed by atoms with Crippen LogP contribution in [0.4, 0.5) is 22.0 Å². The summed E-state index contributed by atoms with van der Waals surface area (Å²) in [5.74, 6) is -3.14. The van der Waals surface area contributed by atoms with Gasteiger partial charge >= 0.3 is 6.18 Å². The summed E-state index contributed by atoms with van der Waals surface area (Å²) in [4.78, 5) is 28.5. The molecule has 0 saturated carbocycles. The van der Waals surface area contributed by atoms with E-state index in [-0.39, 0.29) is 23.2 Å². The Morgan fingerprint density at radius 2 is 1.86 bits per heavy atom. The highest BCUT2D eigenvalue weighted by Crippen LogP contribution is 2.33. The number of fused-ring (bicyclic) bond motifs is 1. The van der Waals surface area contributed by atoms with Gasteiger partial charge in [0.05, 0.1) is 22.9 Å². The summed E-state index contributed by atoms with van der Waals surface area (Å²) in [6, 6.07) is 5.92. The Labute approximate surface area is 154 Å². The monoisotopic (exact) mass is 397 g/mol. The van der Waals surface area contributed by atoms with Gasteiger partial charge in [-0.2, -0.15) is 13.2 Å². The Balaban J connectivity index is 1.96. The van der Waals surface area contributed by atoms with Crippen LogP contribution in [-0.2, 0) is 17.4 Å². The summed E-state index contributed by atoms with van der Waals surface area (Å²) in [6.07, 6.45) is -5.09. The number of amides is 1. The molecule has 0 spiro atoms. The molecule has 5 nitrogen and oxygen atoms in total. The molecular weight excluding hydrogens is 385 g/mol. The fourth-order valence-corrected chi connectivity index (χ4v) is 2.68. The zero-order valence-electron chi connectivity index (χ0n) is 14.3. The summed E-state index contributed by atoms with van der Waals surface area (Å²) in [5, 5.41) is -0.325. The van der Waals surface area contributed by atoms with E-state index >= 15 is 0 Å². The number of aryl methyl sites for hydroxylation is 1. The standard InChI is InChI=1S/C18H12F5N3O2/c1-9-24-16-11(3-2-4-12(16)18(21,22)23)17(28)26(9)25-15(27)8-10-5-6-13(19)14(20)7-10/h2-7H,8H2,1H3,(H,25,27). The number of halogens is 5. The van der Waals surface area contributed by atoms with Gasteiger partial charge in [-0.3, -0.25) is 15.0 Å². The van der Waals surface area contributed by atoms with Crippen LogP contribution in [0.25, 0.3) is 10.9 Å². The predicted molar refractivity (Wildman–Crippen MR) is 90.2 cm³/mol. The molecule has 0 fully saturated rings. The van der Waals surface area contributed by atoms with Crippen molar-refractivity contribution in [1.82, 2.24) is 9.66 Å². The fourth-order valence-electron chi connectivity index (χ4n) is 2.68. The number of benzene rings is 2. The SMILES string of the molecule is Cc1nc2c(C(F)(F)F)cccc2c(=O)n1NC(=O)Cc1ccc(F)c(F)c1. The van der Waals surface area contributed by atoms with Gasteiger partial charge in [-0.15, -0.1) is 0 Å². The van der Waals surface area contributed by atoms with Crippen LogP contribution >= 0.6 is 0 Å². The van der Waals surface area contributed by atoms with Crippen LogP contribution in [-0.4, -0.2) is 15.6 Å². The second kappa shape index (κ2) is 7.02. The topological polar surface area (TPSA) is 64.0 Å². The van der Waals surface area contributed by atoms with E-state index in [0.717, 1.165) is 30.3 Å². The third-order valence-corrected chi connectivity index (χ3v) is 3.96. The van der Waals surface area contributed by atoms with Crippen LogP contribution in [0.1, 0.15) is 17.0 Å². The molecule has 146 valence electrons. The summed E-state index contributed by atoms with van der Waals surface area (Å²) < 4.78 is 66.2. The van der Waals surface area contributed by atoms with Crippen molar-refractivity contribution in [3.05, 3.63) is 75.3 Å². The van der Waals surface area contributed by atoms with Crippen LogP contribution < -0.4 is 11.0 Å². The Morgan fingerprint density at radius 3 is 2.50 bits per heavy atom. The van der Waals surface area contributed by atoms with Gasteiger partial charge in [0.1, 0.15) is 5.82 Å². The van der Waals surface area contributed by atoms with Gasteiger partial charge in [-0.05, 0) is 36.8 Å². The maximum Gasteiger partial charge on any atom is 0.418 e. The molecule has 28 heavy (non-hydrogen) atoms. The van der Waals surface area contributed by atoms with Gasteiger partial charge in [0.2, 0.25) is 5.91 Å². The molecule has 0 unspecified atom stereocenters. The van der Waals surface area contributed by atoms with Crippen molar-refractivity contribution in [2.24, 2.45) is 0 Å². The minimum Gasteiger partial charge on any atom is -0.273 e. The van der Waals surface area contributed by atoms with Gasteiger partial charge in [0.25, 0.3) is 5.56 Å². The molecule has 2 aromatic carbocycles. The van der Waals surface area contributed by atoms with E-state index in [0.29, 0.717) is 4.68 Å². The average molecular weight is 397 g/mol. The maximum atomic E-state index is 13.2. The molecule has 0 radical (unpaired) electrons. The molecule has 0 saturated heterocycles. The molecule has 0 aliphatic carbocycles. The number of para-hydroxylation sites is 1. The Morgan fingerprint density at radius 1 is 1.14 bits per heavy atom. The predicted octanol–water partition coefficient (Wildman–Crippen LogP) is 3.31. The maximum absolute atomic E-state index is 13.2. The van der Waals surface area contributed by atoms with E-state index in [1.165, 1.54) is 13.0 Å². The highest BCUT2D eigenvalue weighted by molar-refractivity contribution is 5.87. The number of hydrogen-bond donors (Lipinski definition) is 1. The Bertz CT molecular complexity index is 1140. The Kier molecular flexibility index (Phi) is 4.88. The van der Waals surface area contributed by atoms with E-state index in [1.807, 2.05) is 0 Å². The minimum atomic E-state index is -4.70. The zero-order valence-corrected chi connectivity index (χ0v) is 14.3. The van der Waals surface area contributed by atoms with Gasteiger partial charge < -0.3 is 0 Å². The van der Waals surface area contributed by atoms with Crippen molar-refractivity contribution in [1.29, 1.82) is 0 Å². The van der Waals surface area contributed by atoms with Crippen molar-refractivity contribution in [2.75, 3.05) is 5.43 Å². The Hall–Kier alpha value is -3.30. The van der Waals surface area contributed by atoms with Crippen LogP contribution in [0.3, 0.4) is 0 Å². The first-order chi connectivity index (χ1) is 13.1. The lowest BCUT2D eigenvalue weighted by Gasteiger charge is -2.14. The summed E-state index contributed by atoms with van der Waals surface area (Å²) in [7, 11) is 0. The molecule has 0 aliphatic heterocycles. The fraction of sp³-hybridized carbons (Fsp3) is 0.167. The molecule has 1 heterocycles. The third kappa shape index (κ3) is 3.71. The quantitative estimate of drug-likeness (QED) is 0.690. The van der Waals surface area contributed by atoms with Gasteiger partial charge in [-0.1, -0.05) is 12.1 Å². The molecule has 0 atom stereocenters. The molecule has 0 aliphatic rings. The lowest BCUT2D eigenvalue weighted by Crippen LogP contribution is -2.36. The number of nitrogens with zero attached hydrogens (tertiary/aromatic N) is 2. The minimum absolute atomic E-state index is 0.148. The lowest BCUT2D eigenvalue weighted by atomic mass is 10.1. The van der Waals surface area contributed by atoms with Crippen molar-refractivity contribution in [3.8, 4) is 0 Å². The molecule has 0 bridgehead atoms. The molecule has 3 aromatic rings. The molecule has 1 amide bonds. The largest absolute Gasteiger partial charge is 0.418 e. The average Bonchev–Trinajstić information content (AvgIpc) is 2.60. The van der Waals surface area contributed by atoms with E-state index in [9.17, 15) is 31.5 Å². The van der Waals surface area contributed by atoms with Crippen LogP contribution in [0, 0.1) is 18.6 Å². The molecule has 1 aromatic heterocycles. The van der Waals surface area contributed by atoms with E-state index in [4.69, 9.17) is 0 Å². The van der Waals surface area contributed by atoms with Gasteiger partial charge in [0, 0.05) is 0 Å². The second-order valence-electron chi connectivity index (χ2n) is 5.96. The number of aromatic nitrogens is 2. The molecule has 1 N–H and O–H groups in total. The molecule has 3 rings (SSSR count). The highest BCUT2D eigenvalue weighted by atomic mass is 19.4. The van der Waals surface area contributed by atoms with Crippen LogP contribution in [0.15, 0.2) is 41.2 Å². The summed E-state index contributed by atoms with van der Waals surface area (Å²) >= 11 is 0. The van der Waals surface area contributed by atoms with Crippen LogP contribution in [0.5, 0.6) is 0 Å². The first-order valence-electron chi connectivity index (χ1n) is 7.91. The normalized spacial score (nSPS) is 11.6. The third-order valence-electron chi connectivity index (χ3n) is 3.96. The molecular formula is C18H12F5N3O2. The second-order valence-corrected chi connectivity index (χ2v) is 5.96. The smallest absolute Gasteiger partial charge is 0.273 e. The first kappa shape index (κ1) is 19.5. The first-order valence-corrected chi connectivity index (χ1v) is 7.91. The van der Waals surface area contributed by atoms with E-state index in [1.54, 1.807) is 0 Å². The van der Waals surface area contributed by atoms with Gasteiger partial charge in [-0.25, -0.2) is 18.4 Å². The number of alkyl halides is 3. The van der Waals surface area contributed by atoms with E-state index in [2.05, 4.69) is 10.4 Å². The summed E-state index contributed by atoms with van der Waals surface area (Å²) in [6.45, 7) is 1.26. The number of carbonyl (C=O) groups is 1. The van der Waals surface area contributed by atoms with Crippen LogP contribution in [0.2, 0.25) is 0 Å². The van der Waals surface area contributed by atoms with Crippen molar-refractivity contribution in [3.63, 3.8) is 0 Å². The molecule has 10 heteroatoms. The summed E-state index contributed by atoms with van der Waals surface area (Å²) in [5.41, 5.74) is -0.120. The number of rotatable bonds is 3. The van der Waals surface area contributed by atoms with E-state index < -0.39 is 40.4 Å². The number of nitrogens with one attached hydrogen (secondary N) is 1. The van der Waals surface area contributed by atoms with Gasteiger partial charge in [0.15, 0.2) is 11.6 Å². The highest BCUT2D eigenvalue weighted by Gasteiger charge is 2.34. The number of hydrogen-bond acceptors (Lipinski definition) is 3. The lowest BCUT2D eigenvalue weighted by molar-refractivity contribution is -0.136. The number of carbonyl (C=O) groups excluding carboxylic acids is 1.